The lowest BCUT2D eigenvalue weighted by molar-refractivity contribution is 0.403. The van der Waals surface area contributed by atoms with Gasteiger partial charge in [0, 0.05) is 11.5 Å². The van der Waals surface area contributed by atoms with Crippen molar-refractivity contribution in [2.75, 3.05) is 7.11 Å². The normalized spacial score (nSPS) is 15.9. The molecular formula is C11H13N3O. The van der Waals surface area contributed by atoms with E-state index in [0.717, 1.165) is 22.7 Å². The average Bonchev–Trinajstić information content (AvgIpc) is 3.04. The van der Waals surface area contributed by atoms with E-state index in [-0.39, 0.29) is 0 Å². The summed E-state index contributed by atoms with van der Waals surface area (Å²) in [6.45, 7) is 2.03. The highest BCUT2D eigenvalue weighted by Gasteiger charge is 2.29. The van der Waals surface area contributed by atoms with Crippen LogP contribution in [0.15, 0.2) is 12.4 Å². The number of nitrogens with zero attached hydrogens (tertiary/aromatic N) is 3. The van der Waals surface area contributed by atoms with Crippen LogP contribution in [0.1, 0.15) is 30.0 Å². The zero-order valence-electron chi connectivity index (χ0n) is 8.90. The van der Waals surface area contributed by atoms with Crippen molar-refractivity contribution in [3.05, 3.63) is 23.7 Å². The van der Waals surface area contributed by atoms with Gasteiger partial charge in [0.25, 0.3) is 0 Å². The standard InChI is InChI=1S/C11H13N3O/c1-7-5-12-14-6-9(15-2)10(8-3-4-8)13-11(7)14/h5-6,8H,3-4H2,1-2H3. The highest BCUT2D eigenvalue weighted by atomic mass is 16.5. The molecule has 0 saturated heterocycles. The van der Waals surface area contributed by atoms with Gasteiger partial charge in [0.1, 0.15) is 0 Å². The van der Waals surface area contributed by atoms with E-state index in [1.54, 1.807) is 11.6 Å². The lowest BCUT2D eigenvalue weighted by atomic mass is 10.2. The molecule has 1 aliphatic carbocycles. The maximum absolute atomic E-state index is 5.34. The summed E-state index contributed by atoms with van der Waals surface area (Å²) in [5, 5.41) is 4.22. The van der Waals surface area contributed by atoms with Crippen LogP contribution in [0.5, 0.6) is 5.75 Å². The van der Waals surface area contributed by atoms with Crippen molar-refractivity contribution in [3.63, 3.8) is 0 Å². The van der Waals surface area contributed by atoms with E-state index in [4.69, 9.17) is 4.74 Å². The number of rotatable bonds is 2. The molecule has 0 radical (unpaired) electrons. The van der Waals surface area contributed by atoms with E-state index in [1.165, 1.54) is 12.8 Å². The zero-order valence-corrected chi connectivity index (χ0v) is 8.90. The molecule has 2 heterocycles. The van der Waals surface area contributed by atoms with E-state index >= 15 is 0 Å². The Balaban J connectivity index is 2.25. The molecule has 0 aliphatic heterocycles. The van der Waals surface area contributed by atoms with Gasteiger partial charge in [-0.05, 0) is 19.8 Å². The second kappa shape index (κ2) is 2.95. The molecule has 2 aromatic rings. The SMILES string of the molecule is COc1cn2ncc(C)c2nc1C1CC1. The first-order chi connectivity index (χ1) is 7.29. The highest BCUT2D eigenvalue weighted by Crippen LogP contribution is 2.43. The van der Waals surface area contributed by atoms with Gasteiger partial charge in [-0.15, -0.1) is 0 Å². The number of fused-ring (bicyclic) bond motifs is 1. The van der Waals surface area contributed by atoms with Crippen LogP contribution in [-0.4, -0.2) is 21.7 Å². The van der Waals surface area contributed by atoms with E-state index in [2.05, 4.69) is 10.1 Å². The van der Waals surface area contributed by atoms with Gasteiger partial charge in [-0.3, -0.25) is 0 Å². The smallest absolute Gasteiger partial charge is 0.159 e. The van der Waals surface area contributed by atoms with E-state index in [0.29, 0.717) is 5.92 Å². The summed E-state index contributed by atoms with van der Waals surface area (Å²) >= 11 is 0. The molecule has 0 spiro atoms. The van der Waals surface area contributed by atoms with Crippen LogP contribution in [0.2, 0.25) is 0 Å². The lowest BCUT2D eigenvalue weighted by Gasteiger charge is -2.07. The molecule has 1 aliphatic rings. The fraction of sp³-hybridized carbons (Fsp3) is 0.455. The fourth-order valence-electron chi connectivity index (χ4n) is 1.83. The van der Waals surface area contributed by atoms with Crippen LogP contribution in [0.25, 0.3) is 5.65 Å². The second-order valence-electron chi connectivity index (χ2n) is 4.06. The van der Waals surface area contributed by atoms with Gasteiger partial charge in [0.05, 0.1) is 25.2 Å². The number of ether oxygens (including phenoxy) is 1. The summed E-state index contributed by atoms with van der Waals surface area (Å²) in [6.07, 6.45) is 6.21. The number of aryl methyl sites for hydroxylation is 1. The molecular weight excluding hydrogens is 190 g/mol. The molecule has 0 bridgehead atoms. The molecule has 3 rings (SSSR count). The minimum absolute atomic E-state index is 0.597. The maximum atomic E-state index is 5.34. The molecule has 4 nitrogen and oxygen atoms in total. The molecule has 1 saturated carbocycles. The lowest BCUT2D eigenvalue weighted by Crippen LogP contribution is -1.99. The van der Waals surface area contributed by atoms with Crippen LogP contribution in [0.4, 0.5) is 0 Å². The third kappa shape index (κ3) is 1.28. The molecule has 4 heteroatoms. The van der Waals surface area contributed by atoms with E-state index in [1.807, 2.05) is 19.3 Å². The summed E-state index contributed by atoms with van der Waals surface area (Å²) in [4.78, 5) is 4.64. The topological polar surface area (TPSA) is 39.4 Å². The van der Waals surface area contributed by atoms with Crippen molar-refractivity contribution in [3.8, 4) is 5.75 Å². The molecule has 0 atom stereocenters. The summed E-state index contributed by atoms with van der Waals surface area (Å²) < 4.78 is 7.12. The third-order valence-corrected chi connectivity index (χ3v) is 2.85. The Kier molecular flexibility index (Phi) is 1.71. The van der Waals surface area contributed by atoms with Crippen LogP contribution in [0.3, 0.4) is 0 Å². The minimum Gasteiger partial charge on any atom is -0.493 e. The Morgan fingerprint density at radius 3 is 2.93 bits per heavy atom. The Morgan fingerprint density at radius 2 is 2.27 bits per heavy atom. The summed E-state index contributed by atoms with van der Waals surface area (Å²) in [5.41, 5.74) is 3.14. The molecule has 15 heavy (non-hydrogen) atoms. The maximum Gasteiger partial charge on any atom is 0.159 e. The highest BCUT2D eigenvalue weighted by molar-refractivity contribution is 5.49. The Bertz CT molecular complexity index is 514. The number of aromatic nitrogens is 3. The molecule has 78 valence electrons. The predicted octanol–water partition coefficient (Wildman–Crippen LogP) is 1.92. The predicted molar refractivity (Wildman–Crippen MR) is 56.3 cm³/mol. The van der Waals surface area contributed by atoms with Crippen LogP contribution < -0.4 is 4.74 Å². The number of hydrogen-bond acceptors (Lipinski definition) is 3. The van der Waals surface area contributed by atoms with Crippen molar-refractivity contribution in [1.29, 1.82) is 0 Å². The molecule has 2 aromatic heterocycles. The quantitative estimate of drug-likeness (QED) is 0.748. The van der Waals surface area contributed by atoms with Crippen LogP contribution in [-0.2, 0) is 0 Å². The third-order valence-electron chi connectivity index (χ3n) is 2.85. The number of methoxy groups -OCH3 is 1. The average molecular weight is 203 g/mol. The van der Waals surface area contributed by atoms with Gasteiger partial charge in [-0.2, -0.15) is 5.10 Å². The summed E-state index contributed by atoms with van der Waals surface area (Å²) in [5.74, 6) is 1.45. The first-order valence-corrected chi connectivity index (χ1v) is 5.18. The number of hydrogen-bond donors (Lipinski definition) is 0. The molecule has 1 fully saturated rings. The van der Waals surface area contributed by atoms with Gasteiger partial charge >= 0.3 is 0 Å². The molecule has 0 unspecified atom stereocenters. The molecule has 0 aromatic carbocycles. The monoisotopic (exact) mass is 203 g/mol. The Morgan fingerprint density at radius 1 is 1.47 bits per heavy atom. The fourth-order valence-corrected chi connectivity index (χ4v) is 1.83. The van der Waals surface area contributed by atoms with Gasteiger partial charge in [0.2, 0.25) is 0 Å². The minimum atomic E-state index is 0.597. The van der Waals surface area contributed by atoms with Gasteiger partial charge in [0.15, 0.2) is 11.4 Å². The molecule has 0 amide bonds. The van der Waals surface area contributed by atoms with Crippen LogP contribution >= 0.6 is 0 Å². The van der Waals surface area contributed by atoms with Gasteiger partial charge < -0.3 is 4.74 Å². The van der Waals surface area contributed by atoms with Crippen LogP contribution in [0, 0.1) is 6.92 Å². The van der Waals surface area contributed by atoms with Gasteiger partial charge in [-0.25, -0.2) is 9.50 Å². The van der Waals surface area contributed by atoms with Crippen molar-refractivity contribution < 1.29 is 4.74 Å². The van der Waals surface area contributed by atoms with Gasteiger partial charge in [-0.1, -0.05) is 0 Å². The zero-order chi connectivity index (χ0) is 10.4. The van der Waals surface area contributed by atoms with Crippen molar-refractivity contribution in [2.45, 2.75) is 25.7 Å². The summed E-state index contributed by atoms with van der Waals surface area (Å²) in [6, 6.07) is 0. The second-order valence-corrected chi connectivity index (χ2v) is 4.06. The first-order valence-electron chi connectivity index (χ1n) is 5.18. The van der Waals surface area contributed by atoms with Crippen molar-refractivity contribution in [1.82, 2.24) is 14.6 Å². The first kappa shape index (κ1) is 8.71. The van der Waals surface area contributed by atoms with E-state index < -0.39 is 0 Å². The Hall–Kier alpha value is -1.58. The Labute approximate surface area is 87.9 Å². The van der Waals surface area contributed by atoms with Crippen molar-refractivity contribution in [2.24, 2.45) is 0 Å². The largest absolute Gasteiger partial charge is 0.493 e. The van der Waals surface area contributed by atoms with E-state index in [9.17, 15) is 0 Å². The summed E-state index contributed by atoms with van der Waals surface area (Å²) in [7, 11) is 1.69. The molecule has 0 N–H and O–H groups in total. The van der Waals surface area contributed by atoms with Crippen molar-refractivity contribution >= 4 is 5.65 Å².